The van der Waals surface area contributed by atoms with E-state index >= 15 is 0 Å². The first-order chi connectivity index (χ1) is 7.20. The summed E-state index contributed by atoms with van der Waals surface area (Å²) < 4.78 is 5.51. The first-order valence-electron chi connectivity index (χ1n) is 6.49. The van der Waals surface area contributed by atoms with Crippen molar-refractivity contribution in [2.45, 2.75) is 47.0 Å². The average molecular weight is 215 g/mol. The molecule has 1 unspecified atom stereocenters. The van der Waals surface area contributed by atoms with Gasteiger partial charge in [0.05, 0.1) is 0 Å². The van der Waals surface area contributed by atoms with Crippen LogP contribution in [0.3, 0.4) is 0 Å². The molecule has 0 rings (SSSR count). The van der Waals surface area contributed by atoms with Crippen molar-refractivity contribution in [2.24, 2.45) is 11.8 Å². The summed E-state index contributed by atoms with van der Waals surface area (Å²) in [5, 5.41) is 3.52. The largest absolute Gasteiger partial charge is 0.381 e. The Bertz CT molecular complexity index is 126. The van der Waals surface area contributed by atoms with E-state index in [-0.39, 0.29) is 0 Å². The number of hydrogen-bond acceptors (Lipinski definition) is 2. The maximum atomic E-state index is 5.51. The highest BCUT2D eigenvalue weighted by atomic mass is 16.5. The summed E-state index contributed by atoms with van der Waals surface area (Å²) in [6.07, 6.45) is 3.57. The van der Waals surface area contributed by atoms with Crippen LogP contribution in [-0.4, -0.2) is 26.3 Å². The maximum absolute atomic E-state index is 5.51. The molecule has 2 heteroatoms. The summed E-state index contributed by atoms with van der Waals surface area (Å²) in [6.45, 7) is 13.0. The lowest BCUT2D eigenvalue weighted by atomic mass is 10.0. The average Bonchev–Trinajstić information content (AvgIpc) is 2.21. The van der Waals surface area contributed by atoms with E-state index in [0.717, 1.165) is 44.6 Å². The standard InChI is InChI=1S/C13H29NO/c1-5-8-15-9-7-13(6-2)11-14-10-12(3)4/h12-14H,5-11H2,1-4H3. The maximum Gasteiger partial charge on any atom is 0.0469 e. The van der Waals surface area contributed by atoms with Crippen LogP contribution in [0.5, 0.6) is 0 Å². The van der Waals surface area contributed by atoms with Crippen molar-refractivity contribution in [3.05, 3.63) is 0 Å². The molecule has 0 heterocycles. The minimum atomic E-state index is 0.749. The molecule has 0 fully saturated rings. The van der Waals surface area contributed by atoms with E-state index in [1.165, 1.54) is 12.8 Å². The molecule has 1 N–H and O–H groups in total. The van der Waals surface area contributed by atoms with Crippen LogP contribution in [0.1, 0.15) is 47.0 Å². The van der Waals surface area contributed by atoms with E-state index in [4.69, 9.17) is 4.74 Å². The van der Waals surface area contributed by atoms with Gasteiger partial charge in [0, 0.05) is 13.2 Å². The molecule has 1 atom stereocenters. The second-order valence-corrected chi connectivity index (χ2v) is 4.73. The Hall–Kier alpha value is -0.0800. The summed E-state index contributed by atoms with van der Waals surface area (Å²) in [5.41, 5.74) is 0. The number of hydrogen-bond donors (Lipinski definition) is 1. The normalized spacial score (nSPS) is 13.4. The van der Waals surface area contributed by atoms with Gasteiger partial charge in [0.25, 0.3) is 0 Å². The Morgan fingerprint density at radius 1 is 1.07 bits per heavy atom. The fourth-order valence-electron chi connectivity index (χ4n) is 1.52. The fourth-order valence-corrected chi connectivity index (χ4v) is 1.52. The number of ether oxygens (including phenoxy) is 1. The molecule has 0 radical (unpaired) electrons. The van der Waals surface area contributed by atoms with E-state index in [9.17, 15) is 0 Å². The van der Waals surface area contributed by atoms with Gasteiger partial charge in [-0.25, -0.2) is 0 Å². The summed E-state index contributed by atoms with van der Waals surface area (Å²) in [4.78, 5) is 0. The van der Waals surface area contributed by atoms with Gasteiger partial charge < -0.3 is 10.1 Å². The van der Waals surface area contributed by atoms with Gasteiger partial charge in [-0.1, -0.05) is 34.1 Å². The van der Waals surface area contributed by atoms with Gasteiger partial charge >= 0.3 is 0 Å². The van der Waals surface area contributed by atoms with E-state index in [1.807, 2.05) is 0 Å². The minimum Gasteiger partial charge on any atom is -0.381 e. The van der Waals surface area contributed by atoms with Gasteiger partial charge in [0.2, 0.25) is 0 Å². The molecule has 0 aliphatic heterocycles. The summed E-state index contributed by atoms with van der Waals surface area (Å²) in [7, 11) is 0. The predicted molar refractivity (Wildman–Crippen MR) is 67.2 cm³/mol. The summed E-state index contributed by atoms with van der Waals surface area (Å²) in [5.74, 6) is 1.53. The second kappa shape index (κ2) is 10.4. The van der Waals surface area contributed by atoms with E-state index < -0.39 is 0 Å². The van der Waals surface area contributed by atoms with Crippen LogP contribution in [0.4, 0.5) is 0 Å². The zero-order chi connectivity index (χ0) is 11.5. The Labute approximate surface area is 95.8 Å². The molecule has 0 saturated heterocycles. The third kappa shape index (κ3) is 10.2. The minimum absolute atomic E-state index is 0.749. The molecule has 2 nitrogen and oxygen atoms in total. The Morgan fingerprint density at radius 2 is 1.80 bits per heavy atom. The second-order valence-electron chi connectivity index (χ2n) is 4.73. The molecular formula is C13H29NO. The monoisotopic (exact) mass is 215 g/mol. The Kier molecular flexibility index (Phi) is 10.4. The van der Waals surface area contributed by atoms with Crippen LogP contribution >= 0.6 is 0 Å². The van der Waals surface area contributed by atoms with Crippen molar-refractivity contribution in [2.75, 3.05) is 26.3 Å². The number of nitrogens with one attached hydrogen (secondary N) is 1. The first kappa shape index (κ1) is 14.9. The Balaban J connectivity index is 3.38. The summed E-state index contributed by atoms with van der Waals surface area (Å²) in [6, 6.07) is 0. The highest BCUT2D eigenvalue weighted by Gasteiger charge is 2.05. The lowest BCUT2D eigenvalue weighted by Gasteiger charge is -2.16. The smallest absolute Gasteiger partial charge is 0.0469 e. The molecule has 0 saturated carbocycles. The topological polar surface area (TPSA) is 21.3 Å². The Morgan fingerprint density at radius 3 is 2.33 bits per heavy atom. The molecule has 0 aromatic carbocycles. The van der Waals surface area contributed by atoms with Gasteiger partial charge in [0.1, 0.15) is 0 Å². The highest BCUT2D eigenvalue weighted by Crippen LogP contribution is 2.07. The van der Waals surface area contributed by atoms with Crippen molar-refractivity contribution in [1.29, 1.82) is 0 Å². The lowest BCUT2D eigenvalue weighted by Crippen LogP contribution is -2.26. The molecule has 0 aromatic rings. The third-order valence-electron chi connectivity index (χ3n) is 2.58. The van der Waals surface area contributed by atoms with E-state index in [2.05, 4.69) is 33.0 Å². The van der Waals surface area contributed by atoms with Gasteiger partial charge in [-0.05, 0) is 37.8 Å². The van der Waals surface area contributed by atoms with Crippen LogP contribution in [-0.2, 0) is 4.74 Å². The number of rotatable bonds is 10. The van der Waals surface area contributed by atoms with Gasteiger partial charge in [0.15, 0.2) is 0 Å². The van der Waals surface area contributed by atoms with Crippen LogP contribution in [0, 0.1) is 11.8 Å². The van der Waals surface area contributed by atoms with E-state index in [1.54, 1.807) is 0 Å². The van der Waals surface area contributed by atoms with Gasteiger partial charge in [-0.2, -0.15) is 0 Å². The van der Waals surface area contributed by atoms with Crippen LogP contribution in [0.15, 0.2) is 0 Å². The molecule has 0 bridgehead atoms. The predicted octanol–water partition coefficient (Wildman–Crippen LogP) is 3.07. The van der Waals surface area contributed by atoms with Crippen molar-refractivity contribution >= 4 is 0 Å². The molecule has 0 aliphatic rings. The van der Waals surface area contributed by atoms with Crippen molar-refractivity contribution in [3.8, 4) is 0 Å². The third-order valence-corrected chi connectivity index (χ3v) is 2.58. The highest BCUT2D eigenvalue weighted by molar-refractivity contribution is 4.61. The molecule has 0 aromatic heterocycles. The van der Waals surface area contributed by atoms with Crippen LogP contribution < -0.4 is 5.32 Å². The molecule has 0 spiro atoms. The van der Waals surface area contributed by atoms with Crippen molar-refractivity contribution in [3.63, 3.8) is 0 Å². The van der Waals surface area contributed by atoms with Crippen LogP contribution in [0.25, 0.3) is 0 Å². The SMILES string of the molecule is CCCOCCC(CC)CNCC(C)C. The van der Waals surface area contributed by atoms with Crippen LogP contribution in [0.2, 0.25) is 0 Å². The van der Waals surface area contributed by atoms with Gasteiger partial charge in [-0.3, -0.25) is 0 Å². The summed E-state index contributed by atoms with van der Waals surface area (Å²) >= 11 is 0. The molecule has 0 aliphatic carbocycles. The zero-order valence-electron chi connectivity index (χ0n) is 11.0. The zero-order valence-corrected chi connectivity index (χ0v) is 11.0. The molecular weight excluding hydrogens is 186 g/mol. The fraction of sp³-hybridized carbons (Fsp3) is 1.00. The van der Waals surface area contributed by atoms with Gasteiger partial charge in [-0.15, -0.1) is 0 Å². The quantitative estimate of drug-likeness (QED) is 0.565. The van der Waals surface area contributed by atoms with Crippen molar-refractivity contribution < 1.29 is 4.74 Å². The molecule has 0 amide bonds. The first-order valence-corrected chi connectivity index (χ1v) is 6.49. The lowest BCUT2D eigenvalue weighted by molar-refractivity contribution is 0.119. The molecule has 15 heavy (non-hydrogen) atoms. The van der Waals surface area contributed by atoms with E-state index in [0.29, 0.717) is 0 Å². The molecule has 92 valence electrons. The van der Waals surface area contributed by atoms with Crippen molar-refractivity contribution in [1.82, 2.24) is 5.32 Å².